The average Bonchev–Trinajstić information content (AvgIpc) is 3.24. The van der Waals surface area contributed by atoms with Crippen LogP contribution in [0.1, 0.15) is 11.3 Å². The number of fused-ring (bicyclic) bond motifs is 3. The van der Waals surface area contributed by atoms with Crippen molar-refractivity contribution < 1.29 is 14.3 Å². The SMILES string of the molecule is COc1ccc(N2CCN(C(=O)CNC(=O)N3CCc4c([nH]c5ccc(Cl)cc45)C3)CC2)cc1. The highest BCUT2D eigenvalue weighted by Crippen LogP contribution is 2.29. The first kappa shape index (κ1) is 22.4. The number of halogens is 1. The van der Waals surface area contributed by atoms with Crippen molar-refractivity contribution in [1.82, 2.24) is 20.1 Å². The Morgan fingerprint density at radius 2 is 1.79 bits per heavy atom. The summed E-state index contributed by atoms with van der Waals surface area (Å²) in [5, 5.41) is 4.64. The van der Waals surface area contributed by atoms with E-state index in [9.17, 15) is 9.59 Å². The number of H-pyrrole nitrogens is 1. The summed E-state index contributed by atoms with van der Waals surface area (Å²) < 4.78 is 5.21. The number of hydrogen-bond donors (Lipinski definition) is 2. The van der Waals surface area contributed by atoms with E-state index in [1.54, 1.807) is 12.0 Å². The van der Waals surface area contributed by atoms with Crippen LogP contribution in [0, 0.1) is 0 Å². The highest BCUT2D eigenvalue weighted by atomic mass is 35.5. The molecule has 3 aromatic rings. The Balaban J connectivity index is 1.11. The average molecular weight is 482 g/mol. The van der Waals surface area contributed by atoms with Crippen LogP contribution in [0.2, 0.25) is 5.02 Å². The number of ether oxygens (including phenoxy) is 1. The van der Waals surface area contributed by atoms with Gasteiger partial charge in [0.25, 0.3) is 0 Å². The second-order valence-corrected chi connectivity index (χ2v) is 9.10. The minimum absolute atomic E-state index is 0.00698. The number of methoxy groups -OCH3 is 1. The highest BCUT2D eigenvalue weighted by Gasteiger charge is 2.26. The first-order valence-corrected chi connectivity index (χ1v) is 11.9. The lowest BCUT2D eigenvalue weighted by Gasteiger charge is -2.36. The number of hydrogen-bond acceptors (Lipinski definition) is 4. The van der Waals surface area contributed by atoms with Crippen LogP contribution in [0.25, 0.3) is 10.9 Å². The fraction of sp³-hybridized carbons (Fsp3) is 0.360. The molecule has 1 saturated heterocycles. The lowest BCUT2D eigenvalue weighted by Crippen LogP contribution is -2.52. The molecule has 5 rings (SSSR count). The van der Waals surface area contributed by atoms with Crippen molar-refractivity contribution in [2.45, 2.75) is 13.0 Å². The van der Waals surface area contributed by atoms with Gasteiger partial charge in [-0.3, -0.25) is 4.79 Å². The number of benzene rings is 2. The predicted molar refractivity (Wildman–Crippen MR) is 133 cm³/mol. The zero-order chi connectivity index (χ0) is 23.7. The molecule has 0 saturated carbocycles. The Morgan fingerprint density at radius 1 is 1.03 bits per heavy atom. The van der Waals surface area contributed by atoms with Gasteiger partial charge >= 0.3 is 6.03 Å². The number of nitrogens with zero attached hydrogens (tertiary/aromatic N) is 3. The molecule has 9 heteroatoms. The topological polar surface area (TPSA) is 80.9 Å². The van der Waals surface area contributed by atoms with Crippen molar-refractivity contribution in [1.29, 1.82) is 0 Å². The van der Waals surface area contributed by atoms with E-state index < -0.39 is 0 Å². The normalized spacial score (nSPS) is 15.9. The first-order chi connectivity index (χ1) is 16.5. The molecule has 0 bridgehead atoms. The number of carbonyl (C=O) groups is 2. The molecule has 3 heterocycles. The van der Waals surface area contributed by atoms with Crippen molar-refractivity contribution >= 4 is 40.1 Å². The third kappa shape index (κ3) is 4.50. The number of rotatable bonds is 4. The number of piperazine rings is 1. The highest BCUT2D eigenvalue weighted by molar-refractivity contribution is 6.31. The van der Waals surface area contributed by atoms with Crippen LogP contribution < -0.4 is 15.0 Å². The lowest BCUT2D eigenvalue weighted by atomic mass is 10.0. The molecule has 178 valence electrons. The van der Waals surface area contributed by atoms with E-state index in [0.29, 0.717) is 31.2 Å². The van der Waals surface area contributed by atoms with Gasteiger partial charge in [0, 0.05) is 60.0 Å². The first-order valence-electron chi connectivity index (χ1n) is 11.5. The van der Waals surface area contributed by atoms with Crippen molar-refractivity contribution in [3.63, 3.8) is 0 Å². The molecule has 2 aromatic carbocycles. The van der Waals surface area contributed by atoms with Gasteiger partial charge in [0.2, 0.25) is 5.91 Å². The number of carbonyl (C=O) groups excluding carboxylic acids is 2. The summed E-state index contributed by atoms with van der Waals surface area (Å²) in [4.78, 5) is 34.7. The molecule has 0 unspecified atom stereocenters. The third-order valence-corrected chi connectivity index (χ3v) is 6.92. The summed E-state index contributed by atoms with van der Waals surface area (Å²) in [5.41, 5.74) is 4.39. The molecule has 1 fully saturated rings. The van der Waals surface area contributed by atoms with Crippen molar-refractivity contribution in [3.8, 4) is 5.75 Å². The van der Waals surface area contributed by atoms with E-state index in [-0.39, 0.29) is 18.5 Å². The Hall–Kier alpha value is -3.39. The Bertz CT molecular complexity index is 1200. The fourth-order valence-corrected chi connectivity index (χ4v) is 4.94. The van der Waals surface area contributed by atoms with E-state index in [1.165, 1.54) is 5.56 Å². The molecule has 2 N–H and O–H groups in total. The van der Waals surface area contributed by atoms with Gasteiger partial charge in [-0.15, -0.1) is 0 Å². The lowest BCUT2D eigenvalue weighted by molar-refractivity contribution is -0.130. The van der Waals surface area contributed by atoms with Crippen LogP contribution in [0.3, 0.4) is 0 Å². The largest absolute Gasteiger partial charge is 0.497 e. The molecule has 8 nitrogen and oxygen atoms in total. The van der Waals surface area contributed by atoms with Gasteiger partial charge in [-0.05, 0) is 54.4 Å². The van der Waals surface area contributed by atoms with E-state index >= 15 is 0 Å². The van der Waals surface area contributed by atoms with Crippen LogP contribution >= 0.6 is 11.6 Å². The summed E-state index contributed by atoms with van der Waals surface area (Å²) in [5.74, 6) is 0.771. The Labute approximate surface area is 203 Å². The molecule has 0 aliphatic carbocycles. The van der Waals surface area contributed by atoms with Gasteiger partial charge in [0.05, 0.1) is 20.2 Å². The minimum atomic E-state index is -0.215. The van der Waals surface area contributed by atoms with Crippen molar-refractivity contribution in [2.75, 3.05) is 51.3 Å². The van der Waals surface area contributed by atoms with Crippen molar-refractivity contribution in [2.24, 2.45) is 0 Å². The number of nitrogens with one attached hydrogen (secondary N) is 2. The number of amides is 3. The summed E-state index contributed by atoms with van der Waals surface area (Å²) in [6.07, 6.45) is 0.754. The monoisotopic (exact) mass is 481 g/mol. The molecule has 1 aromatic heterocycles. The third-order valence-electron chi connectivity index (χ3n) is 6.69. The fourth-order valence-electron chi connectivity index (χ4n) is 4.77. The van der Waals surface area contributed by atoms with E-state index in [2.05, 4.69) is 15.2 Å². The molecule has 0 spiro atoms. The Morgan fingerprint density at radius 3 is 2.53 bits per heavy atom. The van der Waals surface area contributed by atoms with Gasteiger partial charge < -0.3 is 29.7 Å². The van der Waals surface area contributed by atoms with Gasteiger partial charge in [0.15, 0.2) is 0 Å². The molecule has 2 aliphatic heterocycles. The van der Waals surface area contributed by atoms with Crippen molar-refractivity contribution in [3.05, 3.63) is 58.7 Å². The number of anilines is 1. The van der Waals surface area contributed by atoms with E-state index in [1.807, 2.05) is 47.4 Å². The summed E-state index contributed by atoms with van der Waals surface area (Å²) in [7, 11) is 1.65. The van der Waals surface area contributed by atoms with Crippen LogP contribution in [-0.4, -0.2) is 73.1 Å². The van der Waals surface area contributed by atoms with Gasteiger partial charge in [-0.25, -0.2) is 4.79 Å². The Kier molecular flexibility index (Phi) is 6.24. The van der Waals surface area contributed by atoms with Crippen LogP contribution in [0.4, 0.5) is 10.5 Å². The molecule has 0 atom stereocenters. The van der Waals surface area contributed by atoms with E-state index in [0.717, 1.165) is 47.5 Å². The van der Waals surface area contributed by atoms with Crippen LogP contribution in [0.15, 0.2) is 42.5 Å². The summed E-state index contributed by atoms with van der Waals surface area (Å²) >= 11 is 6.15. The maximum Gasteiger partial charge on any atom is 0.318 e. The molecule has 0 radical (unpaired) electrons. The van der Waals surface area contributed by atoms with Gasteiger partial charge in [-0.2, -0.15) is 0 Å². The summed E-state index contributed by atoms with van der Waals surface area (Å²) in [6, 6.07) is 13.5. The van der Waals surface area contributed by atoms with E-state index in [4.69, 9.17) is 16.3 Å². The number of urea groups is 1. The minimum Gasteiger partial charge on any atom is -0.497 e. The second-order valence-electron chi connectivity index (χ2n) is 8.67. The van der Waals surface area contributed by atoms with Gasteiger partial charge in [0.1, 0.15) is 5.75 Å². The van der Waals surface area contributed by atoms with Gasteiger partial charge in [-0.1, -0.05) is 11.6 Å². The molecular formula is C25H28ClN5O3. The standard InChI is InChI=1S/C25H28ClN5O3/c1-34-19-5-3-18(4-6-19)29-10-12-30(13-11-29)24(32)15-27-25(33)31-9-8-20-21-14-17(26)2-7-22(21)28-23(20)16-31/h2-7,14,28H,8-13,15-16H2,1H3,(H,27,33). The smallest absolute Gasteiger partial charge is 0.318 e. The zero-order valence-electron chi connectivity index (χ0n) is 19.1. The molecular weight excluding hydrogens is 454 g/mol. The molecule has 2 aliphatic rings. The zero-order valence-corrected chi connectivity index (χ0v) is 19.9. The quantitative estimate of drug-likeness (QED) is 0.599. The summed E-state index contributed by atoms with van der Waals surface area (Å²) in [6.45, 7) is 3.87. The predicted octanol–water partition coefficient (Wildman–Crippen LogP) is 3.25. The van der Waals surface area contributed by atoms with Crippen LogP contribution in [-0.2, 0) is 17.8 Å². The molecule has 3 amide bonds. The van der Waals surface area contributed by atoms with Crippen LogP contribution in [0.5, 0.6) is 5.75 Å². The number of aromatic nitrogens is 1. The molecule has 34 heavy (non-hydrogen) atoms. The number of aromatic amines is 1. The maximum atomic E-state index is 12.7. The second kappa shape index (κ2) is 9.46. The maximum absolute atomic E-state index is 12.7.